The van der Waals surface area contributed by atoms with Crippen molar-refractivity contribution < 1.29 is 18.8 Å². The topological polar surface area (TPSA) is 88.5 Å². The lowest BCUT2D eigenvalue weighted by Gasteiger charge is -2.21. The van der Waals surface area contributed by atoms with Crippen molar-refractivity contribution in [1.82, 2.24) is 10.5 Å². The monoisotopic (exact) mass is 326 g/mol. The Hall–Kier alpha value is -1.79. The maximum atomic E-state index is 11.9. The van der Waals surface area contributed by atoms with Gasteiger partial charge in [0.25, 0.3) is 0 Å². The van der Waals surface area contributed by atoms with Gasteiger partial charge in [-0.2, -0.15) is 0 Å². The molecular weight excluding hydrogens is 308 g/mol. The average Bonchev–Trinajstić information content (AvgIpc) is 3.02. The number of hydrogen-bond acceptors (Lipinski definition) is 5. The minimum atomic E-state index is -1.26. The van der Waals surface area contributed by atoms with E-state index in [2.05, 4.69) is 10.5 Å². The number of halogens is 1. The molecule has 0 saturated carbocycles. The molecule has 120 valence electrons. The minimum absolute atomic E-state index is 0.0646. The van der Waals surface area contributed by atoms with Gasteiger partial charge in [-0.1, -0.05) is 5.16 Å². The maximum Gasteiger partial charge on any atom is 0.229 e. The summed E-state index contributed by atoms with van der Waals surface area (Å²) in [4.78, 5) is 11.9. The van der Waals surface area contributed by atoms with Gasteiger partial charge in [-0.25, -0.2) is 0 Å². The fraction of sp³-hybridized carbons (Fsp3) is 0.467. The number of nitrogens with one attached hydrogen (secondary N) is 1. The van der Waals surface area contributed by atoms with Gasteiger partial charge < -0.3 is 19.4 Å². The van der Waals surface area contributed by atoms with Gasteiger partial charge in [-0.05, 0) is 50.9 Å². The molecule has 1 amide bonds. The molecule has 0 radical (unpaired) electrons. The van der Waals surface area contributed by atoms with Gasteiger partial charge in [-0.15, -0.1) is 0 Å². The first-order valence-corrected chi connectivity index (χ1v) is 7.34. The van der Waals surface area contributed by atoms with Crippen molar-refractivity contribution in [3.63, 3.8) is 0 Å². The van der Waals surface area contributed by atoms with E-state index in [-0.39, 0.29) is 24.1 Å². The molecule has 2 aromatic rings. The number of nitrogens with zero attached hydrogens (tertiary/aromatic N) is 1. The van der Waals surface area contributed by atoms with Gasteiger partial charge >= 0.3 is 0 Å². The van der Waals surface area contributed by atoms with Crippen LogP contribution < -0.4 is 5.32 Å². The molecule has 0 spiro atoms. The van der Waals surface area contributed by atoms with Crippen LogP contribution in [0.1, 0.15) is 36.1 Å². The van der Waals surface area contributed by atoms with Gasteiger partial charge in [-0.3, -0.25) is 4.79 Å². The second-order valence-corrected chi connectivity index (χ2v) is 5.82. The Kier molecular flexibility index (Phi) is 4.93. The predicted octanol–water partition coefficient (Wildman–Crippen LogP) is 2.49. The lowest BCUT2D eigenvalue weighted by atomic mass is 10.0. The molecule has 0 aliphatic carbocycles. The Morgan fingerprint density at radius 2 is 2.18 bits per heavy atom. The van der Waals surface area contributed by atoms with E-state index >= 15 is 0 Å². The van der Waals surface area contributed by atoms with E-state index in [1.165, 1.54) is 0 Å². The number of carbonyl (C=O) groups excluding carboxylic acids is 1. The Bertz CT molecular complexity index is 641. The smallest absolute Gasteiger partial charge is 0.229 e. The second kappa shape index (κ2) is 6.54. The van der Waals surface area contributed by atoms with Crippen molar-refractivity contribution in [2.24, 2.45) is 0 Å². The molecule has 2 heterocycles. The fourth-order valence-corrected chi connectivity index (χ4v) is 2.31. The van der Waals surface area contributed by atoms with Crippen molar-refractivity contribution in [3.8, 4) is 0 Å². The summed E-state index contributed by atoms with van der Waals surface area (Å²) in [6.45, 7) is 5.22. The van der Waals surface area contributed by atoms with Gasteiger partial charge in [0.05, 0.1) is 12.2 Å². The summed E-state index contributed by atoms with van der Waals surface area (Å²) >= 11 is 5.85. The average molecular weight is 327 g/mol. The third kappa shape index (κ3) is 3.90. The second-order valence-electron chi connectivity index (χ2n) is 5.48. The molecule has 7 heteroatoms. The van der Waals surface area contributed by atoms with Crippen LogP contribution in [0, 0.1) is 13.8 Å². The van der Waals surface area contributed by atoms with E-state index in [1.54, 1.807) is 32.9 Å². The molecule has 0 saturated heterocycles. The van der Waals surface area contributed by atoms with E-state index in [4.69, 9.17) is 20.5 Å². The first-order valence-electron chi connectivity index (χ1n) is 6.96. The lowest BCUT2D eigenvalue weighted by molar-refractivity contribution is -0.122. The summed E-state index contributed by atoms with van der Waals surface area (Å²) in [6, 6.07) is 3.46. The lowest BCUT2D eigenvalue weighted by Crippen LogP contribution is -2.38. The number of hydrogen-bond donors (Lipinski definition) is 2. The van der Waals surface area contributed by atoms with Crippen LogP contribution in [0.15, 0.2) is 21.1 Å². The number of aryl methyl sites for hydroxylation is 2. The Labute approximate surface area is 133 Å². The minimum Gasteiger partial charge on any atom is -0.463 e. The largest absolute Gasteiger partial charge is 0.463 e. The van der Waals surface area contributed by atoms with Crippen molar-refractivity contribution in [3.05, 3.63) is 40.1 Å². The zero-order valence-electron chi connectivity index (χ0n) is 12.8. The van der Waals surface area contributed by atoms with Crippen molar-refractivity contribution >= 4 is 17.5 Å². The predicted molar refractivity (Wildman–Crippen MR) is 80.6 cm³/mol. The molecule has 0 aliphatic rings. The SMILES string of the molecule is Cc1ccc(C(C)(O)CNC(=O)CCc2c(C)noc2Cl)o1. The van der Waals surface area contributed by atoms with Crippen LogP contribution in [0.2, 0.25) is 5.22 Å². The van der Waals surface area contributed by atoms with Crippen LogP contribution in [-0.4, -0.2) is 22.7 Å². The summed E-state index contributed by atoms with van der Waals surface area (Å²) in [5.74, 6) is 0.933. The first kappa shape index (κ1) is 16.6. The molecule has 2 N–H and O–H groups in total. The molecule has 6 nitrogen and oxygen atoms in total. The van der Waals surface area contributed by atoms with Crippen LogP contribution in [0.5, 0.6) is 0 Å². The Morgan fingerprint density at radius 1 is 1.45 bits per heavy atom. The molecule has 0 bridgehead atoms. The quantitative estimate of drug-likeness (QED) is 0.851. The van der Waals surface area contributed by atoms with E-state index in [9.17, 15) is 9.90 Å². The Morgan fingerprint density at radius 3 is 2.73 bits per heavy atom. The highest BCUT2D eigenvalue weighted by molar-refractivity contribution is 6.29. The summed E-state index contributed by atoms with van der Waals surface area (Å²) in [5, 5.41) is 17.0. The zero-order chi connectivity index (χ0) is 16.3. The van der Waals surface area contributed by atoms with E-state index in [0.29, 0.717) is 23.6 Å². The third-order valence-corrected chi connectivity index (χ3v) is 3.74. The molecule has 2 aromatic heterocycles. The highest BCUT2D eigenvalue weighted by Gasteiger charge is 2.27. The summed E-state index contributed by atoms with van der Waals surface area (Å²) < 4.78 is 10.2. The van der Waals surface area contributed by atoms with Crippen molar-refractivity contribution in [2.45, 2.75) is 39.2 Å². The summed E-state index contributed by atoms with van der Waals surface area (Å²) in [5.41, 5.74) is 0.149. The normalized spacial score (nSPS) is 13.9. The number of carbonyl (C=O) groups is 1. The number of aromatic nitrogens is 1. The number of amides is 1. The van der Waals surface area contributed by atoms with Crippen LogP contribution in [0.4, 0.5) is 0 Å². The number of furan rings is 1. The van der Waals surface area contributed by atoms with E-state index in [0.717, 1.165) is 5.56 Å². The van der Waals surface area contributed by atoms with Crippen LogP contribution in [-0.2, 0) is 16.8 Å². The molecule has 0 fully saturated rings. The molecule has 1 unspecified atom stereocenters. The number of aliphatic hydroxyl groups is 1. The molecule has 1 atom stereocenters. The zero-order valence-corrected chi connectivity index (χ0v) is 13.5. The van der Waals surface area contributed by atoms with E-state index < -0.39 is 5.60 Å². The first-order chi connectivity index (χ1) is 10.3. The van der Waals surface area contributed by atoms with Crippen LogP contribution in [0.3, 0.4) is 0 Å². The highest BCUT2D eigenvalue weighted by atomic mass is 35.5. The Balaban J connectivity index is 1.85. The maximum absolute atomic E-state index is 11.9. The molecule has 0 aliphatic heterocycles. The third-order valence-electron chi connectivity index (χ3n) is 3.44. The van der Waals surface area contributed by atoms with Crippen LogP contribution >= 0.6 is 11.6 Å². The van der Waals surface area contributed by atoms with Crippen molar-refractivity contribution in [2.75, 3.05) is 6.54 Å². The highest BCUT2D eigenvalue weighted by Crippen LogP contribution is 2.22. The standard InChI is InChI=1S/C15H19ClN2O4/c1-9-4-6-12(21-9)15(3,20)8-17-13(19)7-5-11-10(2)18-22-14(11)16/h4,6,20H,5,7-8H2,1-3H3,(H,17,19). The van der Waals surface area contributed by atoms with E-state index in [1.807, 2.05) is 0 Å². The fourth-order valence-electron chi connectivity index (χ4n) is 2.05. The molecule has 2 rings (SSSR count). The summed E-state index contributed by atoms with van der Waals surface area (Å²) in [6.07, 6.45) is 0.664. The number of rotatable bonds is 6. The molecule has 22 heavy (non-hydrogen) atoms. The summed E-state index contributed by atoms with van der Waals surface area (Å²) in [7, 11) is 0. The van der Waals surface area contributed by atoms with Gasteiger partial charge in [0.2, 0.25) is 11.1 Å². The molecule has 0 aromatic carbocycles. The van der Waals surface area contributed by atoms with Crippen molar-refractivity contribution in [1.29, 1.82) is 0 Å². The molecular formula is C15H19ClN2O4. The van der Waals surface area contributed by atoms with Crippen LogP contribution in [0.25, 0.3) is 0 Å². The van der Waals surface area contributed by atoms with Gasteiger partial charge in [0.1, 0.15) is 17.1 Å². The van der Waals surface area contributed by atoms with Gasteiger partial charge in [0.15, 0.2) is 0 Å². The van der Waals surface area contributed by atoms with Gasteiger partial charge in [0, 0.05) is 12.0 Å².